The van der Waals surface area contributed by atoms with Gasteiger partial charge in [0.25, 0.3) is 5.91 Å². The average molecular weight is 397 g/mol. The molecule has 2 aromatic carbocycles. The Labute approximate surface area is 161 Å². The Bertz CT molecular complexity index is 779. The van der Waals surface area contributed by atoms with Crippen molar-refractivity contribution < 1.29 is 32.2 Å². The van der Waals surface area contributed by atoms with Gasteiger partial charge in [0.1, 0.15) is 18.1 Å². The summed E-state index contributed by atoms with van der Waals surface area (Å²) in [7, 11) is 3.03. The van der Waals surface area contributed by atoms with E-state index in [4.69, 9.17) is 9.47 Å². The lowest BCUT2D eigenvalue weighted by Crippen LogP contribution is -2.23. The summed E-state index contributed by atoms with van der Waals surface area (Å²) in [6.07, 6.45) is -4.34. The molecule has 1 N–H and O–H groups in total. The molecule has 1 amide bonds. The number of methoxy groups -OCH3 is 2. The summed E-state index contributed by atoms with van der Waals surface area (Å²) in [4.78, 5) is 12.4. The number of amides is 1. The van der Waals surface area contributed by atoms with Crippen molar-refractivity contribution in [1.29, 1.82) is 0 Å². The van der Waals surface area contributed by atoms with Crippen LogP contribution in [0.25, 0.3) is 0 Å². The molecule has 0 saturated heterocycles. The third-order valence-electron chi connectivity index (χ3n) is 4.02. The molecule has 2 rings (SSSR count). The standard InChI is InChI=1S/C20H22F3NO4/c1-13-17(26-2)8-16(9-18(13)27-3)19(25)24-10-14-4-6-15(7-5-14)11-28-12-20(21,22)23/h4-9H,10-12H2,1-3H3,(H,24,25). The fourth-order valence-corrected chi connectivity index (χ4v) is 2.54. The summed E-state index contributed by atoms with van der Waals surface area (Å²) in [5.74, 6) is 0.801. The van der Waals surface area contributed by atoms with Gasteiger partial charge in [-0.1, -0.05) is 24.3 Å². The summed E-state index contributed by atoms with van der Waals surface area (Å²) < 4.78 is 51.4. The van der Waals surface area contributed by atoms with Crippen LogP contribution in [0.15, 0.2) is 36.4 Å². The van der Waals surface area contributed by atoms with Crippen LogP contribution < -0.4 is 14.8 Å². The summed E-state index contributed by atoms with van der Waals surface area (Å²) in [6, 6.07) is 10.0. The van der Waals surface area contributed by atoms with Crippen molar-refractivity contribution >= 4 is 5.91 Å². The third kappa shape index (κ3) is 6.16. The molecule has 0 saturated carbocycles. The first kappa shape index (κ1) is 21.6. The highest BCUT2D eigenvalue weighted by Gasteiger charge is 2.27. The van der Waals surface area contributed by atoms with Crippen LogP contribution in [-0.2, 0) is 17.9 Å². The smallest absolute Gasteiger partial charge is 0.411 e. The molecule has 8 heteroatoms. The normalized spacial score (nSPS) is 11.2. The molecule has 0 spiro atoms. The summed E-state index contributed by atoms with van der Waals surface area (Å²) in [5, 5.41) is 2.79. The molecule has 0 aliphatic rings. The fraction of sp³-hybridized carbons (Fsp3) is 0.350. The van der Waals surface area contributed by atoms with Crippen molar-refractivity contribution in [3.05, 3.63) is 58.7 Å². The van der Waals surface area contributed by atoms with E-state index < -0.39 is 12.8 Å². The van der Waals surface area contributed by atoms with Gasteiger partial charge in [-0.25, -0.2) is 0 Å². The van der Waals surface area contributed by atoms with E-state index >= 15 is 0 Å². The maximum Gasteiger partial charge on any atom is 0.411 e. The van der Waals surface area contributed by atoms with Gasteiger partial charge in [0.15, 0.2) is 0 Å². The Balaban J connectivity index is 1.94. The molecular weight excluding hydrogens is 375 g/mol. The van der Waals surface area contributed by atoms with E-state index in [9.17, 15) is 18.0 Å². The molecule has 0 atom stereocenters. The van der Waals surface area contributed by atoms with Crippen molar-refractivity contribution in [2.75, 3.05) is 20.8 Å². The Kier molecular flexibility index (Phi) is 7.28. The molecule has 0 bridgehead atoms. The zero-order chi connectivity index (χ0) is 20.7. The van der Waals surface area contributed by atoms with E-state index in [1.54, 1.807) is 36.4 Å². The zero-order valence-corrected chi connectivity index (χ0v) is 15.9. The van der Waals surface area contributed by atoms with Gasteiger partial charge in [-0.15, -0.1) is 0 Å². The summed E-state index contributed by atoms with van der Waals surface area (Å²) in [6.45, 7) is 0.684. The number of rotatable bonds is 8. The monoisotopic (exact) mass is 397 g/mol. The quantitative estimate of drug-likeness (QED) is 0.731. The van der Waals surface area contributed by atoms with Crippen molar-refractivity contribution in [2.24, 2.45) is 0 Å². The Morgan fingerprint density at radius 2 is 1.54 bits per heavy atom. The zero-order valence-electron chi connectivity index (χ0n) is 15.9. The Hall–Kier alpha value is -2.74. The molecule has 152 valence electrons. The van der Waals surface area contributed by atoms with Crippen LogP contribution in [0, 0.1) is 6.92 Å². The Morgan fingerprint density at radius 3 is 2.04 bits per heavy atom. The van der Waals surface area contributed by atoms with Crippen molar-refractivity contribution in [3.63, 3.8) is 0 Å². The van der Waals surface area contributed by atoms with Gasteiger partial charge in [0, 0.05) is 17.7 Å². The predicted molar refractivity (Wildman–Crippen MR) is 97.6 cm³/mol. The molecule has 2 aromatic rings. The predicted octanol–water partition coefficient (Wildman–Crippen LogP) is 4.02. The first-order valence-corrected chi connectivity index (χ1v) is 8.46. The molecular formula is C20H22F3NO4. The first-order chi connectivity index (χ1) is 13.2. The van der Waals surface area contributed by atoms with Gasteiger partial charge in [-0.3, -0.25) is 4.79 Å². The van der Waals surface area contributed by atoms with E-state index in [0.717, 1.165) is 11.1 Å². The van der Waals surface area contributed by atoms with E-state index in [-0.39, 0.29) is 19.1 Å². The van der Waals surface area contributed by atoms with Crippen LogP contribution in [-0.4, -0.2) is 32.9 Å². The van der Waals surface area contributed by atoms with Gasteiger partial charge in [0.2, 0.25) is 0 Å². The van der Waals surface area contributed by atoms with Crippen molar-refractivity contribution in [1.82, 2.24) is 5.32 Å². The number of carbonyl (C=O) groups is 1. The largest absolute Gasteiger partial charge is 0.496 e. The maximum absolute atomic E-state index is 12.4. The molecule has 0 heterocycles. The van der Waals surface area contributed by atoms with Crippen LogP contribution in [0.2, 0.25) is 0 Å². The van der Waals surface area contributed by atoms with Crippen molar-refractivity contribution in [2.45, 2.75) is 26.3 Å². The number of benzene rings is 2. The molecule has 0 aromatic heterocycles. The molecule has 0 aliphatic heterocycles. The minimum Gasteiger partial charge on any atom is -0.496 e. The van der Waals surface area contributed by atoms with Crippen LogP contribution in [0.1, 0.15) is 27.0 Å². The maximum atomic E-state index is 12.4. The van der Waals surface area contributed by atoms with Crippen molar-refractivity contribution in [3.8, 4) is 11.5 Å². The van der Waals surface area contributed by atoms with E-state index in [1.807, 2.05) is 6.92 Å². The molecule has 0 radical (unpaired) electrons. The highest BCUT2D eigenvalue weighted by Crippen LogP contribution is 2.29. The third-order valence-corrected chi connectivity index (χ3v) is 4.02. The first-order valence-electron chi connectivity index (χ1n) is 8.46. The number of carbonyl (C=O) groups excluding carboxylic acids is 1. The topological polar surface area (TPSA) is 56.8 Å². The van der Waals surface area contributed by atoms with Crippen LogP contribution in [0.4, 0.5) is 13.2 Å². The van der Waals surface area contributed by atoms with E-state index in [0.29, 0.717) is 22.6 Å². The van der Waals surface area contributed by atoms with Gasteiger partial charge in [-0.2, -0.15) is 13.2 Å². The second-order valence-electron chi connectivity index (χ2n) is 6.11. The number of ether oxygens (including phenoxy) is 3. The van der Waals surface area contributed by atoms with Gasteiger partial charge < -0.3 is 19.5 Å². The second kappa shape index (κ2) is 9.45. The SMILES string of the molecule is COc1cc(C(=O)NCc2ccc(COCC(F)(F)F)cc2)cc(OC)c1C. The summed E-state index contributed by atoms with van der Waals surface area (Å²) in [5.41, 5.74) is 2.62. The minimum atomic E-state index is -4.34. The summed E-state index contributed by atoms with van der Waals surface area (Å²) >= 11 is 0. The highest BCUT2D eigenvalue weighted by molar-refractivity contribution is 5.95. The van der Waals surface area contributed by atoms with E-state index in [1.165, 1.54) is 14.2 Å². The molecule has 5 nitrogen and oxygen atoms in total. The fourth-order valence-electron chi connectivity index (χ4n) is 2.54. The molecule has 0 unspecified atom stereocenters. The van der Waals surface area contributed by atoms with E-state index in [2.05, 4.69) is 10.1 Å². The number of alkyl halides is 3. The lowest BCUT2D eigenvalue weighted by Gasteiger charge is -2.13. The number of hydrogen-bond donors (Lipinski definition) is 1. The average Bonchev–Trinajstić information content (AvgIpc) is 2.66. The van der Waals surface area contributed by atoms with Gasteiger partial charge >= 0.3 is 6.18 Å². The Morgan fingerprint density at radius 1 is 1.00 bits per heavy atom. The van der Waals surface area contributed by atoms with Gasteiger partial charge in [0.05, 0.1) is 20.8 Å². The van der Waals surface area contributed by atoms with Crippen LogP contribution in [0.5, 0.6) is 11.5 Å². The highest BCUT2D eigenvalue weighted by atomic mass is 19.4. The number of nitrogens with one attached hydrogen (secondary N) is 1. The molecule has 0 fully saturated rings. The van der Waals surface area contributed by atoms with Gasteiger partial charge in [-0.05, 0) is 30.2 Å². The number of hydrogen-bond acceptors (Lipinski definition) is 4. The minimum absolute atomic E-state index is 0.130. The lowest BCUT2D eigenvalue weighted by atomic mass is 10.1. The second-order valence-corrected chi connectivity index (χ2v) is 6.11. The lowest BCUT2D eigenvalue weighted by molar-refractivity contribution is -0.176. The molecule has 28 heavy (non-hydrogen) atoms. The van der Waals surface area contributed by atoms with Crippen LogP contribution in [0.3, 0.4) is 0 Å². The van der Waals surface area contributed by atoms with Crippen LogP contribution >= 0.6 is 0 Å². The number of halogens is 3. The molecule has 0 aliphatic carbocycles.